The van der Waals surface area contributed by atoms with Crippen LogP contribution in [-0.2, 0) is 13.6 Å². The van der Waals surface area contributed by atoms with Crippen LogP contribution >= 0.6 is 11.6 Å². The molecule has 7 nitrogen and oxygen atoms in total. The number of hydrogen-bond donors (Lipinski definition) is 1. The molecule has 3 rings (SSSR count). The van der Waals surface area contributed by atoms with E-state index in [9.17, 15) is 4.79 Å². The normalized spacial score (nSPS) is 16.2. The molecule has 1 aliphatic heterocycles. The molecule has 128 valence electrons. The molecule has 0 aromatic carbocycles. The largest absolute Gasteiger partial charge is 0.366 e. The second kappa shape index (κ2) is 7.19. The van der Waals surface area contributed by atoms with Crippen LogP contribution in [0.2, 0.25) is 5.02 Å². The molecule has 0 spiro atoms. The number of nitrogens with two attached hydrogens (primary N) is 1. The molecule has 8 heteroatoms. The van der Waals surface area contributed by atoms with E-state index < -0.39 is 5.91 Å². The van der Waals surface area contributed by atoms with E-state index in [4.69, 9.17) is 17.3 Å². The van der Waals surface area contributed by atoms with Crippen LogP contribution in [0.1, 0.15) is 22.3 Å². The van der Waals surface area contributed by atoms with Gasteiger partial charge in [-0.25, -0.2) is 4.98 Å². The van der Waals surface area contributed by atoms with E-state index in [-0.39, 0.29) is 0 Å². The molecule has 0 aliphatic carbocycles. The Morgan fingerprint density at radius 2 is 2.12 bits per heavy atom. The molecule has 1 aliphatic rings. The van der Waals surface area contributed by atoms with E-state index >= 15 is 0 Å². The highest BCUT2D eigenvalue weighted by molar-refractivity contribution is 6.33. The van der Waals surface area contributed by atoms with E-state index in [1.807, 2.05) is 24.1 Å². The van der Waals surface area contributed by atoms with Crippen molar-refractivity contribution in [2.45, 2.75) is 13.0 Å². The Kier molecular flexibility index (Phi) is 5.01. The predicted octanol–water partition coefficient (Wildman–Crippen LogP) is 1.28. The Morgan fingerprint density at radius 3 is 2.79 bits per heavy atom. The van der Waals surface area contributed by atoms with Crippen molar-refractivity contribution in [2.75, 3.05) is 31.1 Å². The monoisotopic (exact) mass is 348 g/mol. The third-order valence-electron chi connectivity index (χ3n) is 4.16. The molecule has 1 amide bonds. The van der Waals surface area contributed by atoms with Crippen molar-refractivity contribution in [1.82, 2.24) is 19.7 Å². The summed E-state index contributed by atoms with van der Waals surface area (Å²) in [7, 11) is 1.93. The van der Waals surface area contributed by atoms with E-state index in [0.717, 1.165) is 39.1 Å². The van der Waals surface area contributed by atoms with Crippen molar-refractivity contribution in [3.63, 3.8) is 0 Å². The van der Waals surface area contributed by atoms with Crippen LogP contribution in [0.3, 0.4) is 0 Å². The van der Waals surface area contributed by atoms with Gasteiger partial charge in [0.15, 0.2) is 0 Å². The van der Waals surface area contributed by atoms with Gasteiger partial charge in [0, 0.05) is 57.7 Å². The number of amides is 1. The predicted molar refractivity (Wildman–Crippen MR) is 93.1 cm³/mol. The molecular formula is C16H21ClN6O. The average molecular weight is 349 g/mol. The lowest BCUT2D eigenvalue weighted by Gasteiger charge is -2.23. The van der Waals surface area contributed by atoms with E-state index in [1.54, 1.807) is 6.07 Å². The van der Waals surface area contributed by atoms with Crippen molar-refractivity contribution in [3.05, 3.63) is 40.8 Å². The highest BCUT2D eigenvalue weighted by Gasteiger charge is 2.19. The molecule has 0 atom stereocenters. The lowest BCUT2D eigenvalue weighted by molar-refractivity contribution is 0.1000. The number of carbonyl (C=O) groups is 1. The number of halogens is 1. The minimum absolute atomic E-state index is 0.330. The van der Waals surface area contributed by atoms with Crippen molar-refractivity contribution in [2.24, 2.45) is 12.8 Å². The standard InChI is InChI=1S/C16H21ClN6O/c1-21-10-12(8-20-21)11-22-3-2-4-23(6-5-22)16-14(17)7-13(9-19-16)15(18)24/h7-10H,2-6,11H2,1H3,(H2,18,24). The van der Waals surface area contributed by atoms with Gasteiger partial charge < -0.3 is 10.6 Å². The Morgan fingerprint density at radius 1 is 1.29 bits per heavy atom. The van der Waals surface area contributed by atoms with Gasteiger partial charge in [-0.15, -0.1) is 0 Å². The summed E-state index contributed by atoms with van der Waals surface area (Å²) in [5.74, 6) is 0.194. The molecule has 2 aromatic heterocycles. The van der Waals surface area contributed by atoms with Gasteiger partial charge in [-0.05, 0) is 12.5 Å². The number of aromatic nitrogens is 3. The topological polar surface area (TPSA) is 80.3 Å². The first-order valence-electron chi connectivity index (χ1n) is 7.93. The molecule has 0 bridgehead atoms. The summed E-state index contributed by atoms with van der Waals surface area (Å²) in [6, 6.07) is 1.59. The summed E-state index contributed by atoms with van der Waals surface area (Å²) in [6.45, 7) is 4.55. The highest BCUT2D eigenvalue weighted by atomic mass is 35.5. The van der Waals surface area contributed by atoms with Gasteiger partial charge in [-0.1, -0.05) is 11.6 Å². The molecular weight excluding hydrogens is 328 g/mol. The quantitative estimate of drug-likeness (QED) is 0.900. The fraction of sp³-hybridized carbons (Fsp3) is 0.438. The summed E-state index contributed by atoms with van der Waals surface area (Å²) in [5.41, 5.74) is 6.81. The molecule has 0 unspecified atom stereocenters. The van der Waals surface area contributed by atoms with Crippen molar-refractivity contribution in [3.8, 4) is 0 Å². The van der Waals surface area contributed by atoms with Crippen LogP contribution in [-0.4, -0.2) is 51.8 Å². The first kappa shape index (κ1) is 16.7. The van der Waals surface area contributed by atoms with E-state index in [0.29, 0.717) is 16.4 Å². The summed E-state index contributed by atoms with van der Waals surface area (Å²) in [6.07, 6.45) is 6.46. The Bertz CT molecular complexity index is 731. The maximum atomic E-state index is 11.2. The Hall–Kier alpha value is -2.12. The zero-order valence-corrected chi connectivity index (χ0v) is 14.4. The van der Waals surface area contributed by atoms with Gasteiger partial charge in [-0.3, -0.25) is 14.4 Å². The minimum atomic E-state index is -0.519. The van der Waals surface area contributed by atoms with E-state index in [1.165, 1.54) is 11.8 Å². The second-order valence-corrected chi connectivity index (χ2v) is 6.44. The second-order valence-electron chi connectivity index (χ2n) is 6.03. The van der Waals surface area contributed by atoms with Crippen LogP contribution in [0.15, 0.2) is 24.7 Å². The van der Waals surface area contributed by atoms with Crippen LogP contribution in [0, 0.1) is 0 Å². The highest BCUT2D eigenvalue weighted by Crippen LogP contribution is 2.25. The van der Waals surface area contributed by atoms with Gasteiger partial charge in [0.25, 0.3) is 0 Å². The number of anilines is 1. The molecule has 1 fully saturated rings. The number of primary amides is 1. The SMILES string of the molecule is Cn1cc(CN2CCCN(c3ncc(C(N)=O)cc3Cl)CC2)cn1. The van der Waals surface area contributed by atoms with Gasteiger partial charge in [-0.2, -0.15) is 5.10 Å². The van der Waals surface area contributed by atoms with Gasteiger partial charge in [0.05, 0.1) is 16.8 Å². The number of hydrogen-bond acceptors (Lipinski definition) is 5. The lowest BCUT2D eigenvalue weighted by Crippen LogP contribution is -2.31. The Labute approximate surface area is 146 Å². The third kappa shape index (κ3) is 3.85. The first-order valence-corrected chi connectivity index (χ1v) is 8.31. The molecule has 2 aromatic rings. The van der Waals surface area contributed by atoms with Crippen LogP contribution in [0.25, 0.3) is 0 Å². The molecule has 0 saturated carbocycles. The molecule has 3 heterocycles. The number of rotatable bonds is 4. The first-order chi connectivity index (χ1) is 11.5. The van der Waals surface area contributed by atoms with Gasteiger partial charge in [0.2, 0.25) is 5.91 Å². The van der Waals surface area contributed by atoms with E-state index in [2.05, 4.69) is 19.9 Å². The van der Waals surface area contributed by atoms with Crippen LogP contribution < -0.4 is 10.6 Å². The fourth-order valence-electron chi connectivity index (χ4n) is 2.95. The zero-order valence-electron chi connectivity index (χ0n) is 13.7. The van der Waals surface area contributed by atoms with Crippen LogP contribution in [0.5, 0.6) is 0 Å². The lowest BCUT2D eigenvalue weighted by atomic mass is 10.2. The molecule has 2 N–H and O–H groups in total. The summed E-state index contributed by atoms with van der Waals surface area (Å²) in [4.78, 5) is 20.1. The maximum absolute atomic E-state index is 11.2. The Balaban J connectivity index is 1.66. The average Bonchev–Trinajstić information content (AvgIpc) is 2.81. The summed E-state index contributed by atoms with van der Waals surface area (Å²) < 4.78 is 1.82. The molecule has 0 radical (unpaired) electrons. The van der Waals surface area contributed by atoms with Gasteiger partial charge in [0.1, 0.15) is 5.82 Å². The number of pyridine rings is 1. The minimum Gasteiger partial charge on any atom is -0.366 e. The summed E-state index contributed by atoms with van der Waals surface area (Å²) in [5, 5.41) is 4.68. The smallest absolute Gasteiger partial charge is 0.250 e. The van der Waals surface area contributed by atoms with Crippen molar-refractivity contribution in [1.29, 1.82) is 0 Å². The molecule has 1 saturated heterocycles. The fourth-order valence-corrected chi connectivity index (χ4v) is 3.24. The van der Waals surface area contributed by atoms with Crippen molar-refractivity contribution < 1.29 is 4.79 Å². The number of nitrogens with zero attached hydrogens (tertiary/aromatic N) is 5. The zero-order chi connectivity index (χ0) is 17.1. The number of carbonyl (C=O) groups excluding carboxylic acids is 1. The molecule has 24 heavy (non-hydrogen) atoms. The maximum Gasteiger partial charge on any atom is 0.250 e. The number of aryl methyl sites for hydroxylation is 1. The van der Waals surface area contributed by atoms with Crippen molar-refractivity contribution >= 4 is 23.3 Å². The third-order valence-corrected chi connectivity index (χ3v) is 4.44. The summed E-state index contributed by atoms with van der Waals surface area (Å²) >= 11 is 6.29. The van der Waals surface area contributed by atoms with Crippen LogP contribution in [0.4, 0.5) is 5.82 Å². The van der Waals surface area contributed by atoms with Gasteiger partial charge >= 0.3 is 0 Å².